The average molecular weight is 230 g/mol. The van der Waals surface area contributed by atoms with E-state index in [0.717, 1.165) is 12.8 Å². The summed E-state index contributed by atoms with van der Waals surface area (Å²) >= 11 is 0. The molecule has 0 rings (SSSR count). The molecule has 0 fully saturated rings. The number of aliphatic hydroxyl groups is 1. The Labute approximate surface area is 98.6 Å². The zero-order chi connectivity index (χ0) is 12.6. The summed E-state index contributed by atoms with van der Waals surface area (Å²) in [7, 11) is 0. The van der Waals surface area contributed by atoms with Crippen LogP contribution in [0, 0.1) is 11.3 Å². The maximum atomic E-state index is 11.5. The minimum Gasteiger partial charge on any atom is -0.396 e. The van der Waals surface area contributed by atoms with E-state index in [-0.39, 0.29) is 17.9 Å². The number of hydrogen-bond donors (Lipinski definition) is 3. The van der Waals surface area contributed by atoms with Gasteiger partial charge in [-0.2, -0.15) is 0 Å². The van der Waals surface area contributed by atoms with Crippen molar-refractivity contribution in [1.29, 1.82) is 0 Å². The van der Waals surface area contributed by atoms with Crippen molar-refractivity contribution in [2.24, 2.45) is 17.1 Å². The quantitative estimate of drug-likeness (QED) is 0.579. The Morgan fingerprint density at radius 3 is 2.56 bits per heavy atom. The summed E-state index contributed by atoms with van der Waals surface area (Å²) in [5.41, 5.74) is 5.20. The van der Waals surface area contributed by atoms with Gasteiger partial charge in [-0.25, -0.2) is 0 Å². The lowest BCUT2D eigenvalue weighted by molar-refractivity contribution is -0.121. The minimum absolute atomic E-state index is 0.0606. The highest BCUT2D eigenvalue weighted by Gasteiger charge is 2.17. The minimum atomic E-state index is -0.238. The van der Waals surface area contributed by atoms with Crippen molar-refractivity contribution in [3.63, 3.8) is 0 Å². The summed E-state index contributed by atoms with van der Waals surface area (Å²) in [4.78, 5) is 11.5. The van der Waals surface area contributed by atoms with Crippen LogP contribution in [0.1, 0.15) is 40.0 Å². The van der Waals surface area contributed by atoms with E-state index in [0.29, 0.717) is 25.4 Å². The summed E-state index contributed by atoms with van der Waals surface area (Å²) in [5.74, 6) is 0.562. The molecule has 0 heterocycles. The van der Waals surface area contributed by atoms with Crippen molar-refractivity contribution >= 4 is 5.91 Å². The molecule has 0 aromatic carbocycles. The highest BCUT2D eigenvalue weighted by atomic mass is 16.3. The zero-order valence-corrected chi connectivity index (χ0v) is 10.8. The molecule has 0 aliphatic carbocycles. The van der Waals surface area contributed by atoms with E-state index in [1.165, 1.54) is 0 Å². The second kappa shape index (κ2) is 7.63. The fourth-order valence-corrected chi connectivity index (χ4v) is 1.29. The molecule has 1 atom stereocenters. The van der Waals surface area contributed by atoms with E-state index in [1.807, 2.05) is 13.8 Å². The largest absolute Gasteiger partial charge is 0.396 e. The molecule has 0 aromatic rings. The first-order valence-corrected chi connectivity index (χ1v) is 5.99. The Bertz CT molecular complexity index is 205. The van der Waals surface area contributed by atoms with Gasteiger partial charge in [-0.15, -0.1) is 0 Å². The Morgan fingerprint density at radius 2 is 2.06 bits per heavy atom. The molecule has 0 aliphatic heterocycles. The van der Waals surface area contributed by atoms with Crippen LogP contribution in [-0.2, 0) is 4.79 Å². The Kier molecular flexibility index (Phi) is 7.34. The second-order valence-electron chi connectivity index (χ2n) is 5.32. The number of carbonyl (C=O) groups is 1. The van der Waals surface area contributed by atoms with Crippen molar-refractivity contribution in [2.45, 2.75) is 40.0 Å². The van der Waals surface area contributed by atoms with Gasteiger partial charge in [0.25, 0.3) is 0 Å². The van der Waals surface area contributed by atoms with Crippen LogP contribution < -0.4 is 11.1 Å². The predicted molar refractivity (Wildman–Crippen MR) is 65.9 cm³/mol. The van der Waals surface area contributed by atoms with Gasteiger partial charge in [0.05, 0.1) is 0 Å². The summed E-state index contributed by atoms with van der Waals surface area (Å²) < 4.78 is 0. The number of aliphatic hydroxyl groups excluding tert-OH is 1. The lowest BCUT2D eigenvalue weighted by Crippen LogP contribution is -2.36. The lowest BCUT2D eigenvalue weighted by atomic mass is 9.95. The van der Waals surface area contributed by atoms with E-state index < -0.39 is 0 Å². The van der Waals surface area contributed by atoms with Crippen LogP contribution in [0.15, 0.2) is 0 Å². The molecule has 4 N–H and O–H groups in total. The summed E-state index contributed by atoms with van der Waals surface area (Å²) in [5, 5.41) is 11.9. The van der Waals surface area contributed by atoms with Gasteiger partial charge in [0.1, 0.15) is 0 Å². The lowest BCUT2D eigenvalue weighted by Gasteiger charge is -2.22. The molecule has 0 radical (unpaired) electrons. The van der Waals surface area contributed by atoms with Gasteiger partial charge >= 0.3 is 0 Å². The monoisotopic (exact) mass is 230 g/mol. The Balaban J connectivity index is 3.67. The maximum Gasteiger partial charge on any atom is 0.220 e. The first-order chi connectivity index (χ1) is 7.41. The van der Waals surface area contributed by atoms with Gasteiger partial charge in [0, 0.05) is 25.0 Å². The van der Waals surface area contributed by atoms with E-state index in [4.69, 9.17) is 10.8 Å². The number of carbonyl (C=O) groups excluding carboxylic acids is 1. The molecule has 0 spiro atoms. The van der Waals surface area contributed by atoms with E-state index in [2.05, 4.69) is 12.2 Å². The molecule has 96 valence electrons. The smallest absolute Gasteiger partial charge is 0.220 e. The summed E-state index contributed by atoms with van der Waals surface area (Å²) in [6.07, 6.45) is 2.39. The number of amides is 1. The van der Waals surface area contributed by atoms with Crippen LogP contribution in [0.4, 0.5) is 0 Å². The van der Waals surface area contributed by atoms with Gasteiger partial charge in [-0.05, 0) is 25.3 Å². The van der Waals surface area contributed by atoms with Crippen LogP contribution in [0.25, 0.3) is 0 Å². The Morgan fingerprint density at radius 1 is 1.44 bits per heavy atom. The summed E-state index contributed by atoms with van der Waals surface area (Å²) in [6, 6.07) is 0. The molecule has 0 aliphatic rings. The third-order valence-corrected chi connectivity index (χ3v) is 2.72. The summed E-state index contributed by atoms with van der Waals surface area (Å²) in [6.45, 7) is 7.23. The van der Waals surface area contributed by atoms with E-state index in [1.54, 1.807) is 0 Å². The number of hydrogen-bond acceptors (Lipinski definition) is 3. The molecule has 0 aromatic heterocycles. The first-order valence-electron chi connectivity index (χ1n) is 5.99. The average Bonchev–Trinajstić information content (AvgIpc) is 2.24. The van der Waals surface area contributed by atoms with Gasteiger partial charge in [0.15, 0.2) is 0 Å². The van der Waals surface area contributed by atoms with Gasteiger partial charge in [-0.3, -0.25) is 4.79 Å². The molecule has 0 saturated heterocycles. The first kappa shape index (κ1) is 15.4. The molecular weight excluding hydrogens is 204 g/mol. The van der Waals surface area contributed by atoms with Crippen molar-refractivity contribution in [2.75, 3.05) is 19.7 Å². The van der Waals surface area contributed by atoms with Crippen LogP contribution in [-0.4, -0.2) is 30.7 Å². The van der Waals surface area contributed by atoms with Crippen molar-refractivity contribution in [3.05, 3.63) is 0 Å². The third-order valence-electron chi connectivity index (χ3n) is 2.72. The molecule has 0 saturated carbocycles. The number of rotatable bonds is 8. The topological polar surface area (TPSA) is 75.4 Å². The molecular formula is C12H26N2O2. The molecule has 4 heteroatoms. The van der Waals surface area contributed by atoms with Gasteiger partial charge in [0.2, 0.25) is 5.91 Å². The fourth-order valence-electron chi connectivity index (χ4n) is 1.29. The Hall–Kier alpha value is -0.610. The van der Waals surface area contributed by atoms with Crippen LogP contribution in [0.5, 0.6) is 0 Å². The molecule has 4 nitrogen and oxygen atoms in total. The van der Waals surface area contributed by atoms with Crippen molar-refractivity contribution in [3.8, 4) is 0 Å². The van der Waals surface area contributed by atoms with Crippen molar-refractivity contribution in [1.82, 2.24) is 5.32 Å². The highest BCUT2D eigenvalue weighted by molar-refractivity contribution is 5.75. The van der Waals surface area contributed by atoms with Gasteiger partial charge < -0.3 is 16.2 Å². The zero-order valence-electron chi connectivity index (χ0n) is 10.8. The molecule has 16 heavy (non-hydrogen) atoms. The van der Waals surface area contributed by atoms with Crippen molar-refractivity contribution < 1.29 is 9.90 Å². The molecule has 1 unspecified atom stereocenters. The van der Waals surface area contributed by atoms with E-state index >= 15 is 0 Å². The number of nitrogens with one attached hydrogen (secondary N) is 1. The molecule has 1 amide bonds. The van der Waals surface area contributed by atoms with Gasteiger partial charge in [-0.1, -0.05) is 20.8 Å². The molecule has 0 bridgehead atoms. The third kappa shape index (κ3) is 7.65. The fraction of sp³-hybridized carbons (Fsp3) is 0.917. The van der Waals surface area contributed by atoms with Crippen LogP contribution in [0.2, 0.25) is 0 Å². The SMILES string of the molecule is CC(CCN)CCC(=O)NCC(C)(C)CO. The highest BCUT2D eigenvalue weighted by Crippen LogP contribution is 2.12. The van der Waals surface area contributed by atoms with Crippen LogP contribution >= 0.6 is 0 Å². The van der Waals surface area contributed by atoms with Crippen LogP contribution in [0.3, 0.4) is 0 Å². The number of nitrogens with two attached hydrogens (primary N) is 1. The standard InChI is InChI=1S/C12H26N2O2/c1-10(6-7-13)4-5-11(16)14-8-12(2,3)9-15/h10,15H,4-9,13H2,1-3H3,(H,14,16). The normalized spacial score (nSPS) is 13.6. The maximum absolute atomic E-state index is 11.5. The second-order valence-corrected chi connectivity index (χ2v) is 5.32. The predicted octanol–water partition coefficient (Wildman–Crippen LogP) is 0.886. The van der Waals surface area contributed by atoms with E-state index in [9.17, 15) is 4.79 Å².